The molecular weight excluding hydrogens is 110 g/mol. The van der Waals surface area contributed by atoms with E-state index in [0.717, 1.165) is 19.4 Å². The Hall–Kier alpha value is -0.850. The highest BCUT2D eigenvalue weighted by Crippen LogP contribution is 2.04. The molecule has 0 unspecified atom stereocenters. The minimum Gasteiger partial charge on any atom is -0.286 e. The lowest BCUT2D eigenvalue weighted by molar-refractivity contribution is 1.12. The molecule has 48 valence electrons. The zero-order valence-corrected chi connectivity index (χ0v) is 5.51. The van der Waals surface area contributed by atoms with E-state index in [2.05, 4.69) is 23.7 Å². The van der Waals surface area contributed by atoms with Crippen LogP contribution in [0.25, 0.3) is 0 Å². The van der Waals surface area contributed by atoms with Crippen molar-refractivity contribution in [2.45, 2.75) is 12.8 Å². The Morgan fingerprint density at radius 3 is 3.22 bits per heavy atom. The molecule has 0 aromatic carbocycles. The van der Waals surface area contributed by atoms with Crippen LogP contribution in [0.3, 0.4) is 0 Å². The van der Waals surface area contributed by atoms with Crippen LogP contribution < -0.4 is 0 Å². The van der Waals surface area contributed by atoms with Crippen molar-refractivity contribution in [3.05, 3.63) is 24.8 Å². The lowest BCUT2D eigenvalue weighted by Gasteiger charge is -1.88. The van der Waals surface area contributed by atoms with Crippen molar-refractivity contribution in [3.8, 4) is 0 Å². The van der Waals surface area contributed by atoms with Crippen molar-refractivity contribution < 1.29 is 0 Å². The second-order valence-electron chi connectivity index (χ2n) is 2.06. The van der Waals surface area contributed by atoms with Gasteiger partial charge in [-0.3, -0.25) is 4.99 Å². The van der Waals surface area contributed by atoms with Crippen LogP contribution in [-0.4, -0.2) is 12.3 Å². The second-order valence-corrected chi connectivity index (χ2v) is 2.06. The molecule has 1 nitrogen and oxygen atoms in total. The van der Waals surface area contributed by atoms with E-state index >= 15 is 0 Å². The summed E-state index contributed by atoms with van der Waals surface area (Å²) in [5.41, 5.74) is 1.22. The molecule has 1 heteroatoms. The van der Waals surface area contributed by atoms with Gasteiger partial charge in [-0.1, -0.05) is 12.2 Å². The van der Waals surface area contributed by atoms with Crippen LogP contribution in [0.15, 0.2) is 29.8 Å². The summed E-state index contributed by atoms with van der Waals surface area (Å²) < 4.78 is 0. The SMILES string of the molecule is C=CCN=C1C=CCC1. The van der Waals surface area contributed by atoms with E-state index in [1.54, 1.807) is 0 Å². The molecule has 0 saturated carbocycles. The first-order chi connectivity index (χ1) is 4.43. The summed E-state index contributed by atoms with van der Waals surface area (Å²) in [5.74, 6) is 0. The summed E-state index contributed by atoms with van der Waals surface area (Å²) in [6.07, 6.45) is 8.34. The Morgan fingerprint density at radius 1 is 1.78 bits per heavy atom. The average molecular weight is 121 g/mol. The number of nitrogens with zero attached hydrogens (tertiary/aromatic N) is 1. The minimum atomic E-state index is 0.764. The molecule has 0 N–H and O–H groups in total. The summed E-state index contributed by atoms with van der Waals surface area (Å²) in [5, 5.41) is 0. The zero-order valence-electron chi connectivity index (χ0n) is 5.51. The molecule has 0 aliphatic heterocycles. The van der Waals surface area contributed by atoms with Crippen LogP contribution in [0.4, 0.5) is 0 Å². The summed E-state index contributed by atoms with van der Waals surface area (Å²) in [7, 11) is 0. The number of hydrogen-bond donors (Lipinski definition) is 0. The highest BCUT2D eigenvalue weighted by atomic mass is 14.7. The number of allylic oxidation sites excluding steroid dienone is 2. The topological polar surface area (TPSA) is 12.4 Å². The molecule has 0 aromatic rings. The smallest absolute Gasteiger partial charge is 0.0570 e. The van der Waals surface area contributed by atoms with Crippen molar-refractivity contribution in [3.63, 3.8) is 0 Å². The van der Waals surface area contributed by atoms with Gasteiger partial charge in [0.15, 0.2) is 0 Å². The van der Waals surface area contributed by atoms with Crippen LogP contribution in [0.2, 0.25) is 0 Å². The standard InChI is InChI=1S/C8H11N/c1-2-7-9-8-5-3-4-6-8/h2-3,5H,1,4,6-7H2. The van der Waals surface area contributed by atoms with Crippen molar-refractivity contribution in [1.29, 1.82) is 0 Å². The molecule has 0 radical (unpaired) electrons. The highest BCUT2D eigenvalue weighted by Gasteiger charge is 1.97. The van der Waals surface area contributed by atoms with Gasteiger partial charge in [-0.15, -0.1) is 6.58 Å². The van der Waals surface area contributed by atoms with Crippen molar-refractivity contribution >= 4 is 5.71 Å². The van der Waals surface area contributed by atoms with Crippen LogP contribution >= 0.6 is 0 Å². The van der Waals surface area contributed by atoms with Crippen molar-refractivity contribution in [2.24, 2.45) is 4.99 Å². The molecule has 1 aliphatic carbocycles. The maximum atomic E-state index is 4.25. The molecule has 1 rings (SSSR count). The Kier molecular flexibility index (Phi) is 2.25. The lowest BCUT2D eigenvalue weighted by atomic mass is 10.3. The van der Waals surface area contributed by atoms with Gasteiger partial charge in [-0.2, -0.15) is 0 Å². The number of rotatable bonds is 2. The Bertz CT molecular complexity index is 154. The summed E-state index contributed by atoms with van der Waals surface area (Å²) in [6.45, 7) is 4.35. The number of hydrogen-bond acceptors (Lipinski definition) is 1. The Balaban J connectivity index is 2.40. The van der Waals surface area contributed by atoms with Gasteiger partial charge in [0.05, 0.1) is 6.54 Å². The summed E-state index contributed by atoms with van der Waals surface area (Å²) in [4.78, 5) is 4.25. The quantitative estimate of drug-likeness (QED) is 0.495. The zero-order chi connectivity index (χ0) is 6.53. The fourth-order valence-electron chi connectivity index (χ4n) is 0.847. The van der Waals surface area contributed by atoms with E-state index in [1.807, 2.05) is 6.08 Å². The average Bonchev–Trinajstić information content (AvgIpc) is 2.34. The minimum absolute atomic E-state index is 0.764. The molecule has 0 amide bonds. The van der Waals surface area contributed by atoms with Gasteiger partial charge in [-0.05, 0) is 18.9 Å². The van der Waals surface area contributed by atoms with Gasteiger partial charge >= 0.3 is 0 Å². The van der Waals surface area contributed by atoms with E-state index in [9.17, 15) is 0 Å². The van der Waals surface area contributed by atoms with Gasteiger partial charge in [-0.25, -0.2) is 0 Å². The summed E-state index contributed by atoms with van der Waals surface area (Å²) >= 11 is 0. The van der Waals surface area contributed by atoms with Crippen LogP contribution in [0.1, 0.15) is 12.8 Å². The van der Waals surface area contributed by atoms with Crippen LogP contribution in [0.5, 0.6) is 0 Å². The third kappa shape index (κ3) is 1.84. The van der Waals surface area contributed by atoms with E-state index in [4.69, 9.17) is 0 Å². The molecule has 0 spiro atoms. The first-order valence-electron chi connectivity index (χ1n) is 3.24. The van der Waals surface area contributed by atoms with E-state index in [-0.39, 0.29) is 0 Å². The van der Waals surface area contributed by atoms with Gasteiger partial charge in [0, 0.05) is 5.71 Å². The molecule has 0 aromatic heterocycles. The fraction of sp³-hybridized carbons (Fsp3) is 0.375. The lowest BCUT2D eigenvalue weighted by Crippen LogP contribution is -1.87. The predicted octanol–water partition coefficient (Wildman–Crippen LogP) is 1.96. The van der Waals surface area contributed by atoms with Crippen molar-refractivity contribution in [2.75, 3.05) is 6.54 Å². The largest absolute Gasteiger partial charge is 0.286 e. The van der Waals surface area contributed by atoms with Crippen molar-refractivity contribution in [1.82, 2.24) is 0 Å². The Labute approximate surface area is 55.8 Å². The first-order valence-corrected chi connectivity index (χ1v) is 3.24. The normalized spacial score (nSPS) is 21.1. The molecule has 0 saturated heterocycles. The third-order valence-electron chi connectivity index (χ3n) is 1.30. The second kappa shape index (κ2) is 3.23. The maximum absolute atomic E-state index is 4.25. The maximum Gasteiger partial charge on any atom is 0.0570 e. The monoisotopic (exact) mass is 121 g/mol. The van der Waals surface area contributed by atoms with Crippen LogP contribution in [-0.2, 0) is 0 Å². The van der Waals surface area contributed by atoms with Gasteiger partial charge in [0.25, 0.3) is 0 Å². The molecule has 0 atom stereocenters. The van der Waals surface area contributed by atoms with E-state index in [0.29, 0.717) is 0 Å². The first kappa shape index (κ1) is 6.27. The third-order valence-corrected chi connectivity index (χ3v) is 1.30. The molecule has 1 aliphatic rings. The van der Waals surface area contributed by atoms with Gasteiger partial charge < -0.3 is 0 Å². The highest BCUT2D eigenvalue weighted by molar-refractivity contribution is 5.96. The van der Waals surface area contributed by atoms with Gasteiger partial charge in [0.2, 0.25) is 0 Å². The molecule has 0 bridgehead atoms. The number of aliphatic imine (C=N–C) groups is 1. The van der Waals surface area contributed by atoms with Crippen LogP contribution in [0, 0.1) is 0 Å². The predicted molar refractivity (Wildman–Crippen MR) is 40.9 cm³/mol. The van der Waals surface area contributed by atoms with E-state index < -0.39 is 0 Å². The Morgan fingerprint density at radius 2 is 2.67 bits per heavy atom. The fourth-order valence-corrected chi connectivity index (χ4v) is 0.847. The molecule has 9 heavy (non-hydrogen) atoms. The molecule has 0 fully saturated rings. The van der Waals surface area contributed by atoms with E-state index in [1.165, 1.54) is 5.71 Å². The molecule has 0 heterocycles. The molecular formula is C8H11N. The van der Waals surface area contributed by atoms with Gasteiger partial charge in [0.1, 0.15) is 0 Å². The summed E-state index contributed by atoms with van der Waals surface area (Å²) in [6, 6.07) is 0.